The van der Waals surface area contributed by atoms with Gasteiger partial charge in [0.2, 0.25) is 0 Å². The van der Waals surface area contributed by atoms with E-state index in [1.54, 1.807) is 12.1 Å². The molecule has 94 valence electrons. The van der Waals surface area contributed by atoms with Crippen LogP contribution < -0.4 is 5.32 Å². The van der Waals surface area contributed by atoms with Gasteiger partial charge in [-0.3, -0.25) is 0 Å². The molecular formula is C11H13F2NO3. The number of cyclic esters (lactones) is 1. The van der Waals surface area contributed by atoms with Gasteiger partial charge in [-0.1, -0.05) is 0 Å². The molecule has 0 saturated carbocycles. The molecule has 4 nitrogen and oxygen atoms in total. The molecule has 1 N–H and O–H groups in total. The summed E-state index contributed by atoms with van der Waals surface area (Å²) in [5.74, 6) is -4.07. The van der Waals surface area contributed by atoms with Gasteiger partial charge in [-0.05, 0) is 19.1 Å². The number of alkyl halides is 2. The van der Waals surface area contributed by atoms with E-state index < -0.39 is 24.4 Å². The van der Waals surface area contributed by atoms with Crippen LogP contribution in [0.4, 0.5) is 8.78 Å². The van der Waals surface area contributed by atoms with E-state index >= 15 is 0 Å². The Morgan fingerprint density at radius 2 is 2.41 bits per heavy atom. The molecule has 1 aromatic rings. The number of furan rings is 1. The predicted octanol–water partition coefficient (Wildman–Crippen LogP) is 1.88. The first-order valence-corrected chi connectivity index (χ1v) is 5.35. The molecule has 2 heterocycles. The summed E-state index contributed by atoms with van der Waals surface area (Å²) in [4.78, 5) is 10.8. The summed E-state index contributed by atoms with van der Waals surface area (Å²) in [7, 11) is 0. The first-order valence-electron chi connectivity index (χ1n) is 5.35. The molecule has 1 aliphatic rings. The van der Waals surface area contributed by atoms with Crippen LogP contribution in [0.15, 0.2) is 22.8 Å². The lowest BCUT2D eigenvalue weighted by Gasteiger charge is -2.14. The maximum Gasteiger partial charge on any atom is 0.377 e. The molecule has 17 heavy (non-hydrogen) atoms. The zero-order valence-electron chi connectivity index (χ0n) is 9.28. The van der Waals surface area contributed by atoms with Crippen molar-refractivity contribution in [1.82, 2.24) is 5.32 Å². The van der Waals surface area contributed by atoms with Crippen LogP contribution in [0.2, 0.25) is 0 Å². The van der Waals surface area contributed by atoms with E-state index in [1.165, 1.54) is 6.26 Å². The van der Waals surface area contributed by atoms with Gasteiger partial charge in [0.1, 0.15) is 11.9 Å². The summed E-state index contributed by atoms with van der Waals surface area (Å²) < 4.78 is 35.4. The zero-order valence-corrected chi connectivity index (χ0v) is 9.28. The molecule has 6 heteroatoms. The van der Waals surface area contributed by atoms with Crippen molar-refractivity contribution in [3.05, 3.63) is 24.2 Å². The molecule has 0 aliphatic carbocycles. The topological polar surface area (TPSA) is 51.5 Å². The van der Waals surface area contributed by atoms with Crippen molar-refractivity contribution < 1.29 is 22.7 Å². The SMILES string of the molecule is C[C@@H](NCC1CC(F)(F)C(=O)O1)c1ccco1. The first kappa shape index (κ1) is 12.0. The summed E-state index contributed by atoms with van der Waals surface area (Å²) in [5.41, 5.74) is 0. The van der Waals surface area contributed by atoms with Crippen molar-refractivity contribution in [1.29, 1.82) is 0 Å². The highest BCUT2D eigenvalue weighted by Gasteiger charge is 2.50. The van der Waals surface area contributed by atoms with E-state index in [0.717, 1.165) is 0 Å². The summed E-state index contributed by atoms with van der Waals surface area (Å²) in [6, 6.07) is 3.42. The number of esters is 1. The Morgan fingerprint density at radius 3 is 2.94 bits per heavy atom. The predicted molar refractivity (Wildman–Crippen MR) is 54.6 cm³/mol. The van der Waals surface area contributed by atoms with E-state index in [0.29, 0.717) is 5.76 Å². The number of ether oxygens (including phenoxy) is 1. The second-order valence-corrected chi connectivity index (χ2v) is 4.08. The van der Waals surface area contributed by atoms with Crippen LogP contribution in [0.3, 0.4) is 0 Å². The average Bonchev–Trinajstić information content (AvgIpc) is 2.85. The molecule has 2 rings (SSSR count). The van der Waals surface area contributed by atoms with Gasteiger partial charge in [-0.2, -0.15) is 8.78 Å². The van der Waals surface area contributed by atoms with Crippen molar-refractivity contribution in [3.63, 3.8) is 0 Å². The molecular weight excluding hydrogens is 232 g/mol. The lowest BCUT2D eigenvalue weighted by atomic mass is 10.2. The maximum atomic E-state index is 12.9. The lowest BCUT2D eigenvalue weighted by molar-refractivity contribution is -0.159. The number of hydrogen-bond acceptors (Lipinski definition) is 4. The van der Waals surface area contributed by atoms with Crippen LogP contribution in [0.1, 0.15) is 25.1 Å². The summed E-state index contributed by atoms with van der Waals surface area (Å²) >= 11 is 0. The lowest BCUT2D eigenvalue weighted by Crippen LogP contribution is -2.29. The normalized spacial score (nSPS) is 24.6. The van der Waals surface area contributed by atoms with Crippen LogP contribution in [-0.4, -0.2) is 24.5 Å². The molecule has 1 fully saturated rings. The third-order valence-corrected chi connectivity index (χ3v) is 2.68. The van der Waals surface area contributed by atoms with E-state index in [9.17, 15) is 13.6 Å². The fourth-order valence-electron chi connectivity index (χ4n) is 1.71. The van der Waals surface area contributed by atoms with Crippen molar-refractivity contribution in [2.24, 2.45) is 0 Å². The fourth-order valence-corrected chi connectivity index (χ4v) is 1.71. The number of hydrogen-bond donors (Lipinski definition) is 1. The monoisotopic (exact) mass is 245 g/mol. The highest BCUT2D eigenvalue weighted by Crippen LogP contribution is 2.30. The Kier molecular flexibility index (Phi) is 3.15. The van der Waals surface area contributed by atoms with Crippen molar-refractivity contribution in [2.45, 2.75) is 31.4 Å². The molecule has 1 aliphatic heterocycles. The number of halogens is 2. The van der Waals surface area contributed by atoms with E-state index in [-0.39, 0.29) is 12.6 Å². The molecule has 0 aromatic carbocycles. The van der Waals surface area contributed by atoms with Gasteiger partial charge in [0.05, 0.1) is 18.7 Å². The average molecular weight is 245 g/mol. The van der Waals surface area contributed by atoms with Crippen molar-refractivity contribution in [2.75, 3.05) is 6.54 Å². The van der Waals surface area contributed by atoms with Gasteiger partial charge in [-0.25, -0.2) is 4.79 Å². The fraction of sp³-hybridized carbons (Fsp3) is 0.545. The Labute approximate surface area is 96.9 Å². The molecule has 0 amide bonds. The number of carbonyl (C=O) groups is 1. The number of carbonyl (C=O) groups excluding carboxylic acids is 1. The second-order valence-electron chi connectivity index (χ2n) is 4.08. The Bertz CT molecular complexity index is 391. The standard InChI is InChI=1S/C11H13F2NO3/c1-7(9-3-2-4-16-9)14-6-8-5-11(12,13)10(15)17-8/h2-4,7-8,14H,5-6H2,1H3/t7-,8?/m1/s1. The smallest absolute Gasteiger partial charge is 0.377 e. The molecule has 1 aromatic heterocycles. The zero-order chi connectivity index (χ0) is 12.5. The summed E-state index contributed by atoms with van der Waals surface area (Å²) in [6.07, 6.45) is 0.191. The van der Waals surface area contributed by atoms with Gasteiger partial charge in [0.15, 0.2) is 0 Å². The highest BCUT2D eigenvalue weighted by molar-refractivity contribution is 5.79. The Hall–Kier alpha value is -1.43. The third-order valence-electron chi connectivity index (χ3n) is 2.68. The minimum absolute atomic E-state index is 0.113. The number of nitrogens with one attached hydrogen (secondary N) is 1. The minimum Gasteiger partial charge on any atom is -0.468 e. The van der Waals surface area contributed by atoms with Crippen molar-refractivity contribution in [3.8, 4) is 0 Å². The van der Waals surface area contributed by atoms with E-state index in [4.69, 9.17) is 4.42 Å². The van der Waals surface area contributed by atoms with Crippen LogP contribution in [0.5, 0.6) is 0 Å². The molecule has 0 spiro atoms. The Morgan fingerprint density at radius 1 is 1.65 bits per heavy atom. The molecule has 0 bridgehead atoms. The molecule has 2 atom stereocenters. The summed E-state index contributed by atoms with van der Waals surface area (Å²) in [5, 5.41) is 2.98. The molecule has 0 radical (unpaired) electrons. The first-order chi connectivity index (χ1) is 7.99. The van der Waals surface area contributed by atoms with Crippen LogP contribution >= 0.6 is 0 Å². The van der Waals surface area contributed by atoms with Gasteiger partial charge in [-0.15, -0.1) is 0 Å². The van der Waals surface area contributed by atoms with Gasteiger partial charge < -0.3 is 14.5 Å². The Balaban J connectivity index is 1.82. The van der Waals surface area contributed by atoms with E-state index in [1.807, 2.05) is 6.92 Å². The molecule has 1 saturated heterocycles. The number of rotatable bonds is 4. The largest absolute Gasteiger partial charge is 0.468 e. The summed E-state index contributed by atoms with van der Waals surface area (Å²) in [6.45, 7) is 2.02. The van der Waals surface area contributed by atoms with Crippen LogP contribution in [0, 0.1) is 0 Å². The maximum absolute atomic E-state index is 12.9. The van der Waals surface area contributed by atoms with Crippen molar-refractivity contribution >= 4 is 5.97 Å². The van der Waals surface area contributed by atoms with Gasteiger partial charge >= 0.3 is 11.9 Å². The highest BCUT2D eigenvalue weighted by atomic mass is 19.3. The van der Waals surface area contributed by atoms with E-state index in [2.05, 4.69) is 10.1 Å². The van der Waals surface area contributed by atoms with Gasteiger partial charge in [0.25, 0.3) is 0 Å². The van der Waals surface area contributed by atoms with Gasteiger partial charge in [0, 0.05) is 6.54 Å². The second kappa shape index (κ2) is 4.44. The van der Waals surface area contributed by atoms with Crippen LogP contribution in [-0.2, 0) is 9.53 Å². The molecule has 1 unspecified atom stereocenters. The minimum atomic E-state index is -3.35. The third kappa shape index (κ3) is 2.63. The van der Waals surface area contributed by atoms with Crippen LogP contribution in [0.25, 0.3) is 0 Å². The quantitative estimate of drug-likeness (QED) is 0.823.